The highest BCUT2D eigenvalue weighted by atomic mass is 32.2. The predicted octanol–water partition coefficient (Wildman–Crippen LogP) is 2.35. The summed E-state index contributed by atoms with van der Waals surface area (Å²) < 4.78 is 29.3. The van der Waals surface area contributed by atoms with Crippen LogP contribution in [0.4, 0.5) is 28.8 Å². The standard InChI is InChI=1S/C29H39N7O5S/c1-4-22-28(38)33(2)24-17-30-29(32-27(24)36(22)20-7-5-6-8-20)31-21-15-19-9-10-35(23(19)16-25(21)41-3)26(37)18-34-11-13-42(39,40)14-12-34/h15-17,20,22H,4-14,18H2,1-3H3,(H,30,31,32)/t22-/m1/s1. The molecule has 13 heteroatoms. The Bertz CT molecular complexity index is 1480. The number of rotatable bonds is 7. The number of likely N-dealkylation sites (N-methyl/N-ethyl adjacent to an activating group) is 1. The lowest BCUT2D eigenvalue weighted by molar-refractivity contribution is -0.120. The van der Waals surface area contributed by atoms with Gasteiger partial charge in [0.2, 0.25) is 17.8 Å². The van der Waals surface area contributed by atoms with E-state index in [9.17, 15) is 18.0 Å². The van der Waals surface area contributed by atoms with Crippen LogP contribution in [0.1, 0.15) is 44.6 Å². The molecule has 226 valence electrons. The minimum atomic E-state index is -3.00. The van der Waals surface area contributed by atoms with Crippen LogP contribution >= 0.6 is 0 Å². The van der Waals surface area contributed by atoms with Crippen LogP contribution in [-0.4, -0.2) is 99.0 Å². The van der Waals surface area contributed by atoms with Crippen molar-refractivity contribution in [3.05, 3.63) is 23.9 Å². The Hall–Kier alpha value is -3.45. The maximum atomic E-state index is 13.2. The number of aromatic nitrogens is 2. The summed E-state index contributed by atoms with van der Waals surface area (Å²) >= 11 is 0. The lowest BCUT2D eigenvalue weighted by atomic mass is 10.0. The molecule has 2 aromatic rings. The van der Waals surface area contributed by atoms with E-state index in [1.54, 1.807) is 30.2 Å². The molecule has 1 saturated heterocycles. The molecule has 4 heterocycles. The number of ether oxygens (including phenoxy) is 1. The van der Waals surface area contributed by atoms with Gasteiger partial charge in [-0.3, -0.25) is 14.5 Å². The minimum absolute atomic E-state index is 0.0509. The van der Waals surface area contributed by atoms with Crippen molar-refractivity contribution in [1.29, 1.82) is 0 Å². The van der Waals surface area contributed by atoms with E-state index < -0.39 is 9.84 Å². The maximum Gasteiger partial charge on any atom is 0.249 e. The number of carbonyl (C=O) groups is 2. The summed E-state index contributed by atoms with van der Waals surface area (Å²) in [7, 11) is 0.374. The van der Waals surface area contributed by atoms with E-state index in [0.29, 0.717) is 55.5 Å². The third-order valence-corrected chi connectivity index (χ3v) is 10.7. The molecule has 4 aliphatic rings. The number of anilines is 5. The lowest BCUT2D eigenvalue weighted by Gasteiger charge is -2.43. The number of hydrogen-bond donors (Lipinski definition) is 1. The van der Waals surface area contributed by atoms with Crippen molar-refractivity contribution < 1.29 is 22.7 Å². The zero-order valence-corrected chi connectivity index (χ0v) is 25.3. The molecule has 1 aromatic carbocycles. The molecule has 2 fully saturated rings. The number of nitrogens with zero attached hydrogens (tertiary/aromatic N) is 6. The minimum Gasteiger partial charge on any atom is -0.494 e. The Labute approximate surface area is 246 Å². The van der Waals surface area contributed by atoms with Crippen molar-refractivity contribution in [2.75, 3.05) is 71.9 Å². The third kappa shape index (κ3) is 5.28. The molecule has 1 atom stereocenters. The topological polar surface area (TPSA) is 128 Å². The highest BCUT2D eigenvalue weighted by Crippen LogP contribution is 2.42. The van der Waals surface area contributed by atoms with E-state index in [1.807, 2.05) is 24.0 Å². The van der Waals surface area contributed by atoms with Gasteiger partial charge in [0.05, 0.1) is 42.7 Å². The van der Waals surface area contributed by atoms with E-state index in [4.69, 9.17) is 9.72 Å². The van der Waals surface area contributed by atoms with Crippen molar-refractivity contribution in [2.24, 2.45) is 0 Å². The Kier molecular flexibility index (Phi) is 7.73. The number of benzene rings is 1. The normalized spacial score (nSPS) is 22.3. The molecule has 0 unspecified atom stereocenters. The van der Waals surface area contributed by atoms with Gasteiger partial charge >= 0.3 is 0 Å². The fraction of sp³-hybridized carbons (Fsp3) is 0.586. The Morgan fingerprint density at radius 1 is 1.12 bits per heavy atom. The summed E-state index contributed by atoms with van der Waals surface area (Å²) in [4.78, 5) is 43.5. The van der Waals surface area contributed by atoms with E-state index >= 15 is 0 Å². The van der Waals surface area contributed by atoms with Crippen LogP contribution in [-0.2, 0) is 25.8 Å². The number of methoxy groups -OCH3 is 1. The molecular weight excluding hydrogens is 558 g/mol. The molecule has 3 aliphatic heterocycles. The molecule has 1 saturated carbocycles. The van der Waals surface area contributed by atoms with Crippen LogP contribution in [0.5, 0.6) is 5.75 Å². The highest BCUT2D eigenvalue weighted by molar-refractivity contribution is 7.91. The Morgan fingerprint density at radius 2 is 1.86 bits per heavy atom. The van der Waals surface area contributed by atoms with Gasteiger partial charge in [-0.2, -0.15) is 4.98 Å². The molecule has 12 nitrogen and oxygen atoms in total. The second-order valence-electron chi connectivity index (χ2n) is 11.6. The van der Waals surface area contributed by atoms with Gasteiger partial charge in [-0.25, -0.2) is 13.4 Å². The van der Waals surface area contributed by atoms with E-state index in [1.165, 1.54) is 0 Å². The largest absolute Gasteiger partial charge is 0.494 e. The molecular formula is C29H39N7O5S. The molecule has 0 radical (unpaired) electrons. The fourth-order valence-corrected chi connectivity index (χ4v) is 7.97. The molecule has 0 spiro atoms. The number of nitrogens with one attached hydrogen (secondary N) is 1. The average Bonchev–Trinajstić information content (AvgIpc) is 3.65. The van der Waals surface area contributed by atoms with Gasteiger partial charge in [0.1, 0.15) is 17.5 Å². The number of hydrogen-bond acceptors (Lipinski definition) is 10. The van der Waals surface area contributed by atoms with Crippen molar-refractivity contribution in [3.63, 3.8) is 0 Å². The van der Waals surface area contributed by atoms with E-state index in [2.05, 4.69) is 15.2 Å². The van der Waals surface area contributed by atoms with E-state index in [0.717, 1.165) is 42.8 Å². The van der Waals surface area contributed by atoms with Gasteiger partial charge < -0.3 is 24.8 Å². The van der Waals surface area contributed by atoms with Gasteiger partial charge in [-0.05, 0) is 37.3 Å². The number of sulfone groups is 1. The zero-order chi connectivity index (χ0) is 29.6. The van der Waals surface area contributed by atoms with Gasteiger partial charge in [-0.15, -0.1) is 0 Å². The first-order valence-corrected chi connectivity index (χ1v) is 16.6. The smallest absolute Gasteiger partial charge is 0.249 e. The molecule has 6 rings (SSSR count). The van der Waals surface area contributed by atoms with E-state index in [-0.39, 0.29) is 41.9 Å². The second kappa shape index (κ2) is 11.3. The molecule has 1 aromatic heterocycles. The Morgan fingerprint density at radius 3 is 2.55 bits per heavy atom. The van der Waals surface area contributed by atoms with Crippen molar-refractivity contribution in [2.45, 2.75) is 57.5 Å². The lowest BCUT2D eigenvalue weighted by Crippen LogP contribution is -2.55. The molecule has 2 amide bonds. The summed E-state index contributed by atoms with van der Waals surface area (Å²) in [5.74, 6) is 1.96. The fourth-order valence-electron chi connectivity index (χ4n) is 6.69. The molecule has 1 N–H and O–H groups in total. The highest BCUT2D eigenvalue weighted by Gasteiger charge is 2.41. The quantitative estimate of drug-likeness (QED) is 0.508. The van der Waals surface area contributed by atoms with Crippen LogP contribution in [0, 0.1) is 0 Å². The zero-order valence-electron chi connectivity index (χ0n) is 24.5. The first kappa shape index (κ1) is 28.7. The van der Waals surface area contributed by atoms with Gasteiger partial charge in [0, 0.05) is 38.8 Å². The summed E-state index contributed by atoms with van der Waals surface area (Å²) in [5, 5.41) is 3.34. The summed E-state index contributed by atoms with van der Waals surface area (Å²) in [6, 6.07) is 3.88. The SMILES string of the molecule is CC[C@@H]1C(=O)N(C)c2cnc(Nc3cc4c(cc3OC)N(C(=O)CN3CCS(=O)(=O)CC3)CC4)nc2N1C1CCCC1. The number of fused-ring (bicyclic) bond motifs is 2. The first-order chi connectivity index (χ1) is 20.2. The monoisotopic (exact) mass is 597 g/mol. The van der Waals surface area contributed by atoms with Crippen LogP contribution < -0.4 is 24.8 Å². The first-order valence-electron chi connectivity index (χ1n) is 14.8. The molecule has 1 aliphatic carbocycles. The average molecular weight is 598 g/mol. The van der Waals surface area contributed by atoms with Gasteiger partial charge in [0.15, 0.2) is 15.7 Å². The number of amides is 2. The summed E-state index contributed by atoms with van der Waals surface area (Å²) in [6.45, 7) is 3.54. The summed E-state index contributed by atoms with van der Waals surface area (Å²) in [5.41, 5.74) is 3.22. The van der Waals surface area contributed by atoms with Gasteiger partial charge in [-0.1, -0.05) is 19.8 Å². The second-order valence-corrected chi connectivity index (χ2v) is 13.9. The van der Waals surface area contributed by atoms with Crippen molar-refractivity contribution in [1.82, 2.24) is 14.9 Å². The predicted molar refractivity (Wildman–Crippen MR) is 162 cm³/mol. The van der Waals surface area contributed by atoms with Gasteiger partial charge in [0.25, 0.3) is 0 Å². The van der Waals surface area contributed by atoms with Crippen LogP contribution in [0.25, 0.3) is 0 Å². The molecule has 42 heavy (non-hydrogen) atoms. The molecule has 0 bridgehead atoms. The maximum absolute atomic E-state index is 13.2. The van der Waals surface area contributed by atoms with Crippen LogP contribution in [0.3, 0.4) is 0 Å². The van der Waals surface area contributed by atoms with Crippen LogP contribution in [0.2, 0.25) is 0 Å². The third-order valence-electron chi connectivity index (χ3n) is 9.05. The summed E-state index contributed by atoms with van der Waals surface area (Å²) in [6.07, 6.45) is 7.51. The van der Waals surface area contributed by atoms with Crippen molar-refractivity contribution in [3.8, 4) is 5.75 Å². The van der Waals surface area contributed by atoms with Crippen molar-refractivity contribution >= 4 is 50.5 Å². The Balaban J connectivity index is 1.24. The number of carbonyl (C=O) groups excluding carboxylic acids is 2. The van der Waals surface area contributed by atoms with Crippen LogP contribution in [0.15, 0.2) is 18.3 Å².